The smallest absolute Gasteiger partial charge is 0.326 e. The van der Waals surface area contributed by atoms with E-state index in [9.17, 15) is 48.6 Å². The third-order valence-corrected chi connectivity index (χ3v) is 9.00. The number of amides is 6. The molecule has 1 aromatic rings. The van der Waals surface area contributed by atoms with Crippen molar-refractivity contribution in [3.8, 4) is 0 Å². The Hall–Kier alpha value is -5.10. The number of aliphatic carboxylic acids is 2. The van der Waals surface area contributed by atoms with Crippen LogP contribution >= 0.6 is 0 Å². The maximum absolute atomic E-state index is 14.0. The monoisotopic (exact) mass is 804 g/mol. The minimum atomic E-state index is -1.45. The molecule has 7 atom stereocenters. The van der Waals surface area contributed by atoms with Crippen molar-refractivity contribution >= 4 is 47.4 Å². The molecule has 18 heteroatoms. The van der Waals surface area contributed by atoms with Gasteiger partial charge in [0.05, 0.1) is 6.04 Å². The van der Waals surface area contributed by atoms with Crippen LogP contribution in [0.4, 0.5) is 0 Å². The highest BCUT2D eigenvalue weighted by molar-refractivity contribution is 5.97. The van der Waals surface area contributed by atoms with Crippen molar-refractivity contribution < 1.29 is 48.6 Å². The van der Waals surface area contributed by atoms with Crippen LogP contribution in [-0.2, 0) is 44.8 Å². The summed E-state index contributed by atoms with van der Waals surface area (Å²) in [5.74, 6) is -7.98. The Morgan fingerprint density at radius 3 is 1.49 bits per heavy atom. The van der Waals surface area contributed by atoms with Crippen molar-refractivity contribution in [2.75, 3.05) is 6.54 Å². The Balaban J connectivity index is 3.39. The predicted octanol–water partition coefficient (Wildman–Crippen LogP) is -0.0784. The minimum Gasteiger partial charge on any atom is -0.481 e. The molecule has 0 saturated heterocycles. The van der Waals surface area contributed by atoms with Crippen LogP contribution < -0.4 is 43.4 Å². The zero-order valence-corrected chi connectivity index (χ0v) is 34.1. The van der Waals surface area contributed by atoms with Gasteiger partial charge in [-0.25, -0.2) is 4.79 Å². The molecule has 6 amide bonds. The molecule has 0 unspecified atom stereocenters. The highest BCUT2D eigenvalue weighted by Crippen LogP contribution is 2.12. The average Bonchev–Trinajstić information content (AvgIpc) is 3.12. The van der Waals surface area contributed by atoms with Gasteiger partial charge in [0, 0.05) is 12.8 Å². The molecule has 1 aromatic carbocycles. The SMILES string of the molecule is CC(C)C[C@H](NC(=O)[C@H](CCC(=O)O)NC(=O)[C@H](CCCCN)NC(=O)[C@@H](NC(=O)[C@H](Cc1ccccc1)NC(=O)[C@@H](NC(=O)[C@H](C)N)C(C)C)C(C)C)C(=O)O. The van der Waals surface area contributed by atoms with E-state index in [4.69, 9.17) is 11.5 Å². The summed E-state index contributed by atoms with van der Waals surface area (Å²) in [5, 5.41) is 34.5. The zero-order chi connectivity index (χ0) is 43.4. The number of carbonyl (C=O) groups is 8. The van der Waals surface area contributed by atoms with Crippen molar-refractivity contribution in [3.63, 3.8) is 0 Å². The molecule has 0 bridgehead atoms. The highest BCUT2D eigenvalue weighted by atomic mass is 16.4. The highest BCUT2D eigenvalue weighted by Gasteiger charge is 2.35. The minimum absolute atomic E-state index is 0.0285. The first kappa shape index (κ1) is 49.9. The van der Waals surface area contributed by atoms with Gasteiger partial charge >= 0.3 is 11.9 Å². The fraction of sp³-hybridized carbons (Fsp3) is 0.641. The molecular weight excluding hydrogens is 740 g/mol. The summed E-state index contributed by atoms with van der Waals surface area (Å²) in [6.45, 7) is 12.1. The number of nitrogens with two attached hydrogens (primary N) is 2. The van der Waals surface area contributed by atoms with Crippen LogP contribution in [0.15, 0.2) is 30.3 Å². The van der Waals surface area contributed by atoms with E-state index in [1.54, 1.807) is 71.9 Å². The maximum atomic E-state index is 14.0. The second kappa shape index (κ2) is 25.2. The molecule has 0 spiro atoms. The number of nitrogens with one attached hydrogen (secondary N) is 6. The van der Waals surface area contributed by atoms with Crippen molar-refractivity contribution in [1.29, 1.82) is 0 Å². The first-order valence-electron chi connectivity index (χ1n) is 19.4. The van der Waals surface area contributed by atoms with Crippen molar-refractivity contribution in [1.82, 2.24) is 31.9 Å². The second-order valence-electron chi connectivity index (χ2n) is 15.4. The van der Waals surface area contributed by atoms with E-state index in [0.717, 1.165) is 0 Å². The van der Waals surface area contributed by atoms with E-state index in [2.05, 4.69) is 31.9 Å². The molecule has 0 aliphatic carbocycles. The number of carboxylic acids is 2. The van der Waals surface area contributed by atoms with E-state index in [1.807, 2.05) is 0 Å². The normalized spacial score (nSPS) is 14.9. The van der Waals surface area contributed by atoms with Gasteiger partial charge in [0.2, 0.25) is 35.4 Å². The number of hydrogen-bond donors (Lipinski definition) is 10. The van der Waals surface area contributed by atoms with Gasteiger partial charge < -0.3 is 53.6 Å². The van der Waals surface area contributed by atoms with Gasteiger partial charge in [-0.1, -0.05) is 71.9 Å². The lowest BCUT2D eigenvalue weighted by molar-refractivity contribution is -0.143. The summed E-state index contributed by atoms with van der Waals surface area (Å²) < 4.78 is 0. The topological polar surface area (TPSA) is 301 Å². The third-order valence-electron chi connectivity index (χ3n) is 9.00. The summed E-state index contributed by atoms with van der Waals surface area (Å²) in [5.41, 5.74) is 12.1. The molecule has 57 heavy (non-hydrogen) atoms. The first-order valence-corrected chi connectivity index (χ1v) is 19.4. The van der Waals surface area contributed by atoms with Crippen LogP contribution in [0.25, 0.3) is 0 Å². The van der Waals surface area contributed by atoms with E-state index in [0.29, 0.717) is 18.4 Å². The van der Waals surface area contributed by atoms with Crippen LogP contribution in [0.1, 0.15) is 92.6 Å². The Labute approximate surface area is 334 Å². The maximum Gasteiger partial charge on any atom is 0.326 e. The van der Waals surface area contributed by atoms with Crippen LogP contribution in [-0.4, -0.2) is 106 Å². The van der Waals surface area contributed by atoms with Gasteiger partial charge in [-0.2, -0.15) is 0 Å². The van der Waals surface area contributed by atoms with E-state index < -0.39 is 102 Å². The molecule has 18 nitrogen and oxygen atoms in total. The van der Waals surface area contributed by atoms with Crippen LogP contribution in [0, 0.1) is 17.8 Å². The molecular formula is C39H64N8O10. The fourth-order valence-electron chi connectivity index (χ4n) is 5.73. The number of hydrogen-bond acceptors (Lipinski definition) is 10. The van der Waals surface area contributed by atoms with E-state index >= 15 is 0 Å². The summed E-state index contributed by atoms with van der Waals surface area (Å²) in [6, 6.07) is 0.469. The van der Waals surface area contributed by atoms with Gasteiger partial charge in [-0.05, 0) is 68.9 Å². The Kier molecular flexibility index (Phi) is 22.1. The Bertz CT molecular complexity index is 1500. The molecule has 0 aromatic heterocycles. The molecule has 0 saturated carbocycles. The molecule has 0 radical (unpaired) electrons. The zero-order valence-electron chi connectivity index (χ0n) is 34.1. The van der Waals surface area contributed by atoms with Crippen LogP contribution in [0.2, 0.25) is 0 Å². The predicted molar refractivity (Wildman–Crippen MR) is 212 cm³/mol. The number of carboxylic acid groups (broad SMARTS) is 2. The van der Waals surface area contributed by atoms with Gasteiger partial charge in [-0.3, -0.25) is 33.6 Å². The van der Waals surface area contributed by atoms with Gasteiger partial charge in [0.15, 0.2) is 0 Å². The average molecular weight is 805 g/mol. The first-order chi connectivity index (χ1) is 26.7. The summed E-state index contributed by atoms with van der Waals surface area (Å²) >= 11 is 0. The van der Waals surface area contributed by atoms with Crippen LogP contribution in [0.5, 0.6) is 0 Å². The Morgan fingerprint density at radius 2 is 1.04 bits per heavy atom. The lowest BCUT2D eigenvalue weighted by Gasteiger charge is -2.29. The molecule has 12 N–H and O–H groups in total. The van der Waals surface area contributed by atoms with E-state index in [1.165, 1.54) is 6.92 Å². The van der Waals surface area contributed by atoms with E-state index in [-0.39, 0.29) is 44.1 Å². The molecule has 0 fully saturated rings. The summed E-state index contributed by atoms with van der Waals surface area (Å²) in [4.78, 5) is 104. The number of unbranched alkanes of at least 4 members (excludes halogenated alkanes) is 1. The quantitative estimate of drug-likeness (QED) is 0.0551. The second-order valence-corrected chi connectivity index (χ2v) is 15.4. The lowest BCUT2D eigenvalue weighted by atomic mass is 9.98. The molecule has 320 valence electrons. The van der Waals surface area contributed by atoms with Crippen LogP contribution in [0.3, 0.4) is 0 Å². The fourth-order valence-corrected chi connectivity index (χ4v) is 5.73. The number of carbonyl (C=O) groups excluding carboxylic acids is 6. The van der Waals surface area contributed by atoms with Crippen molar-refractivity contribution in [3.05, 3.63) is 35.9 Å². The summed E-state index contributed by atoms with van der Waals surface area (Å²) in [7, 11) is 0. The number of rotatable bonds is 26. The molecule has 0 aliphatic heterocycles. The molecule has 0 heterocycles. The van der Waals surface area contributed by atoms with Gasteiger partial charge in [0.25, 0.3) is 0 Å². The molecule has 1 rings (SSSR count). The lowest BCUT2D eigenvalue weighted by Crippen LogP contribution is -2.61. The van der Waals surface area contributed by atoms with Crippen molar-refractivity contribution in [2.45, 2.75) is 136 Å². The van der Waals surface area contributed by atoms with Gasteiger partial charge in [0.1, 0.15) is 36.3 Å². The summed E-state index contributed by atoms with van der Waals surface area (Å²) in [6.07, 6.45) is 0.128. The molecule has 0 aliphatic rings. The number of benzene rings is 1. The third kappa shape index (κ3) is 18.6. The van der Waals surface area contributed by atoms with Gasteiger partial charge in [-0.15, -0.1) is 0 Å². The Morgan fingerprint density at radius 1 is 0.579 bits per heavy atom. The largest absolute Gasteiger partial charge is 0.481 e. The standard InChI is InChI=1S/C39H64N8O10/c1-21(2)19-29(39(56)57)45-35(52)27(16-17-30(48)49)42-34(51)26(15-11-12-18-40)43-37(54)32(23(5)6)47-36(53)28(20-25-13-9-8-10-14-25)44-38(55)31(22(3)4)46-33(50)24(7)41/h8-10,13-14,21-24,26-29,31-32H,11-12,15-20,40-41H2,1-7H3,(H,42,51)(H,43,54)(H,44,55)(H,45,52)(H,46,50)(H,47,53)(H,48,49)(H,56,57)/t24-,26-,27-,28-,29-,31-,32-/m0/s1. The van der Waals surface area contributed by atoms with Crippen molar-refractivity contribution in [2.24, 2.45) is 29.2 Å².